The molecule has 0 aliphatic heterocycles. The first-order valence-electron chi connectivity index (χ1n) is 7.36. The average molecular weight is 263 g/mol. The van der Waals surface area contributed by atoms with Gasteiger partial charge in [0, 0.05) is 17.1 Å². The Morgan fingerprint density at radius 2 is 1.85 bits per heavy atom. The van der Waals surface area contributed by atoms with Gasteiger partial charge >= 0.3 is 0 Å². The van der Waals surface area contributed by atoms with Crippen molar-refractivity contribution < 1.29 is 0 Å². The van der Waals surface area contributed by atoms with E-state index in [1.165, 1.54) is 28.2 Å². The summed E-state index contributed by atoms with van der Waals surface area (Å²) in [7, 11) is 0. The third-order valence-electron chi connectivity index (χ3n) is 4.06. The Bertz CT molecular complexity index is 602. The number of benzene rings is 1. The van der Waals surface area contributed by atoms with Crippen molar-refractivity contribution in [3.05, 3.63) is 77.7 Å². The predicted octanol–water partition coefficient (Wildman–Crippen LogP) is 5.35. The minimum absolute atomic E-state index is 1.09. The minimum Gasteiger partial charge on any atom is -0.314 e. The molecular formula is C19H21N. The Labute approximate surface area is 121 Å². The summed E-state index contributed by atoms with van der Waals surface area (Å²) < 4.78 is 0. The standard InChI is InChI=1S/C19H21N/c1-15-13-14-16(2)19(15)20(17-9-5-3-6-10-17)18-11-7-4-8-12-18/h3-7,9-11H,1,8,12-14H2,2H3. The summed E-state index contributed by atoms with van der Waals surface area (Å²) in [6.45, 7) is 6.52. The molecule has 1 aromatic rings. The number of rotatable bonds is 3. The second-order valence-corrected chi connectivity index (χ2v) is 5.53. The number of nitrogens with zero attached hydrogens (tertiary/aromatic N) is 1. The lowest BCUT2D eigenvalue weighted by Gasteiger charge is -2.31. The summed E-state index contributed by atoms with van der Waals surface area (Å²) in [5.41, 5.74) is 6.66. The van der Waals surface area contributed by atoms with Gasteiger partial charge in [0.05, 0.1) is 0 Å². The van der Waals surface area contributed by atoms with Gasteiger partial charge in [-0.2, -0.15) is 0 Å². The van der Waals surface area contributed by atoms with Crippen LogP contribution < -0.4 is 4.90 Å². The molecule has 0 amide bonds. The summed E-state index contributed by atoms with van der Waals surface area (Å²) >= 11 is 0. The second kappa shape index (κ2) is 5.54. The van der Waals surface area contributed by atoms with Crippen molar-refractivity contribution in [2.45, 2.75) is 32.6 Å². The zero-order valence-corrected chi connectivity index (χ0v) is 12.1. The monoisotopic (exact) mass is 263 g/mol. The molecule has 0 N–H and O–H groups in total. The Morgan fingerprint density at radius 3 is 2.45 bits per heavy atom. The minimum atomic E-state index is 1.09. The fourth-order valence-corrected chi connectivity index (χ4v) is 3.02. The molecule has 102 valence electrons. The Morgan fingerprint density at radius 1 is 1.05 bits per heavy atom. The van der Waals surface area contributed by atoms with E-state index in [4.69, 9.17) is 0 Å². The number of hydrogen-bond donors (Lipinski definition) is 0. The molecule has 0 spiro atoms. The third-order valence-corrected chi connectivity index (χ3v) is 4.06. The smallest absolute Gasteiger partial charge is 0.0473 e. The molecule has 20 heavy (non-hydrogen) atoms. The molecule has 0 saturated heterocycles. The van der Waals surface area contributed by atoms with Gasteiger partial charge in [0.1, 0.15) is 0 Å². The van der Waals surface area contributed by atoms with Crippen LogP contribution in [0.5, 0.6) is 0 Å². The molecule has 0 saturated carbocycles. The van der Waals surface area contributed by atoms with Crippen molar-refractivity contribution in [2.24, 2.45) is 0 Å². The predicted molar refractivity (Wildman–Crippen MR) is 86.5 cm³/mol. The Balaban J connectivity index is 2.09. The molecule has 1 nitrogen and oxygen atoms in total. The molecule has 0 aromatic heterocycles. The van der Waals surface area contributed by atoms with Gasteiger partial charge in [0.25, 0.3) is 0 Å². The Kier molecular flexibility index (Phi) is 3.60. The van der Waals surface area contributed by atoms with Crippen LogP contribution in [0.15, 0.2) is 77.7 Å². The van der Waals surface area contributed by atoms with Gasteiger partial charge in [0.2, 0.25) is 0 Å². The van der Waals surface area contributed by atoms with Gasteiger partial charge in [0.15, 0.2) is 0 Å². The highest BCUT2D eigenvalue weighted by Gasteiger charge is 2.24. The van der Waals surface area contributed by atoms with E-state index in [0.717, 1.165) is 25.7 Å². The van der Waals surface area contributed by atoms with Gasteiger partial charge in [-0.15, -0.1) is 0 Å². The first-order chi connectivity index (χ1) is 9.77. The molecule has 0 radical (unpaired) electrons. The molecular weight excluding hydrogens is 242 g/mol. The molecule has 1 heteroatoms. The van der Waals surface area contributed by atoms with Crippen molar-refractivity contribution in [2.75, 3.05) is 4.90 Å². The summed E-state index contributed by atoms with van der Waals surface area (Å²) in [5, 5.41) is 0. The summed E-state index contributed by atoms with van der Waals surface area (Å²) in [6, 6.07) is 10.7. The van der Waals surface area contributed by atoms with Crippen LogP contribution in [0, 0.1) is 0 Å². The van der Waals surface area contributed by atoms with E-state index < -0.39 is 0 Å². The highest BCUT2D eigenvalue weighted by atomic mass is 15.2. The highest BCUT2D eigenvalue weighted by molar-refractivity contribution is 5.65. The van der Waals surface area contributed by atoms with E-state index in [1.54, 1.807) is 0 Å². The fourth-order valence-electron chi connectivity index (χ4n) is 3.02. The van der Waals surface area contributed by atoms with Crippen LogP contribution in [0.2, 0.25) is 0 Å². The van der Waals surface area contributed by atoms with Gasteiger partial charge in [-0.25, -0.2) is 0 Å². The van der Waals surface area contributed by atoms with E-state index in [0.29, 0.717) is 0 Å². The van der Waals surface area contributed by atoms with Crippen LogP contribution in [-0.4, -0.2) is 0 Å². The van der Waals surface area contributed by atoms with E-state index in [1.807, 2.05) is 0 Å². The topological polar surface area (TPSA) is 3.24 Å². The lowest BCUT2D eigenvalue weighted by atomic mass is 10.1. The van der Waals surface area contributed by atoms with Gasteiger partial charge in [-0.05, 0) is 62.0 Å². The largest absolute Gasteiger partial charge is 0.314 e. The van der Waals surface area contributed by atoms with Crippen LogP contribution in [0.3, 0.4) is 0 Å². The summed E-state index contributed by atoms with van der Waals surface area (Å²) in [6.07, 6.45) is 11.1. The molecule has 1 aromatic carbocycles. The number of hydrogen-bond acceptors (Lipinski definition) is 1. The van der Waals surface area contributed by atoms with E-state index >= 15 is 0 Å². The number of allylic oxidation sites excluding steroid dienone is 6. The summed E-state index contributed by atoms with van der Waals surface area (Å²) in [4.78, 5) is 2.41. The average Bonchev–Trinajstić information content (AvgIpc) is 2.82. The molecule has 3 rings (SSSR count). The lowest BCUT2D eigenvalue weighted by Crippen LogP contribution is -2.23. The van der Waals surface area contributed by atoms with Crippen molar-refractivity contribution in [3.63, 3.8) is 0 Å². The first kappa shape index (κ1) is 13.0. The van der Waals surface area contributed by atoms with Crippen LogP contribution in [-0.2, 0) is 0 Å². The number of para-hydroxylation sites is 1. The van der Waals surface area contributed by atoms with Crippen LogP contribution in [0.4, 0.5) is 5.69 Å². The maximum atomic E-state index is 4.28. The normalized spacial score (nSPS) is 18.4. The van der Waals surface area contributed by atoms with E-state index in [-0.39, 0.29) is 0 Å². The lowest BCUT2D eigenvalue weighted by molar-refractivity contribution is 0.894. The Hall–Kier alpha value is -2.02. The zero-order chi connectivity index (χ0) is 13.9. The zero-order valence-electron chi connectivity index (χ0n) is 12.1. The van der Waals surface area contributed by atoms with Crippen LogP contribution >= 0.6 is 0 Å². The quantitative estimate of drug-likeness (QED) is 0.710. The van der Waals surface area contributed by atoms with Crippen molar-refractivity contribution in [1.82, 2.24) is 0 Å². The maximum absolute atomic E-state index is 4.28. The highest BCUT2D eigenvalue weighted by Crippen LogP contribution is 2.38. The molecule has 0 bridgehead atoms. The molecule has 0 fully saturated rings. The van der Waals surface area contributed by atoms with Gasteiger partial charge in [-0.1, -0.05) is 36.9 Å². The van der Waals surface area contributed by atoms with Crippen LogP contribution in [0.25, 0.3) is 0 Å². The number of anilines is 1. The molecule has 2 aliphatic rings. The first-order valence-corrected chi connectivity index (χ1v) is 7.36. The van der Waals surface area contributed by atoms with Crippen molar-refractivity contribution >= 4 is 5.69 Å². The summed E-state index contributed by atoms with van der Waals surface area (Å²) in [5.74, 6) is 0. The van der Waals surface area contributed by atoms with E-state index in [2.05, 4.69) is 67.0 Å². The third kappa shape index (κ3) is 2.36. The second-order valence-electron chi connectivity index (χ2n) is 5.53. The SMILES string of the molecule is C=C1CCC(C)=C1N(C1=CC=CCC1)c1ccccc1. The molecule has 2 aliphatic carbocycles. The molecule has 0 heterocycles. The molecule has 0 unspecified atom stereocenters. The molecule has 0 atom stereocenters. The van der Waals surface area contributed by atoms with Crippen molar-refractivity contribution in [1.29, 1.82) is 0 Å². The van der Waals surface area contributed by atoms with E-state index in [9.17, 15) is 0 Å². The van der Waals surface area contributed by atoms with Gasteiger partial charge in [-0.3, -0.25) is 0 Å². The van der Waals surface area contributed by atoms with Crippen molar-refractivity contribution in [3.8, 4) is 0 Å². The fraction of sp³-hybridized carbons (Fsp3) is 0.263. The maximum Gasteiger partial charge on any atom is 0.0473 e. The van der Waals surface area contributed by atoms with Gasteiger partial charge < -0.3 is 4.90 Å². The van der Waals surface area contributed by atoms with Crippen LogP contribution in [0.1, 0.15) is 32.6 Å².